The average Bonchev–Trinajstić information content (AvgIpc) is 2.67. The van der Waals surface area contributed by atoms with Crippen LogP contribution in [-0.2, 0) is 0 Å². The molecule has 3 rings (SSSR count). The molecular weight excluding hydrogens is 324 g/mol. The Balaban J connectivity index is 1.87. The van der Waals surface area contributed by atoms with Crippen molar-refractivity contribution in [2.24, 2.45) is 0 Å². The molecule has 0 saturated carbocycles. The summed E-state index contributed by atoms with van der Waals surface area (Å²) >= 11 is 0. The minimum atomic E-state index is 0.411. The summed E-state index contributed by atoms with van der Waals surface area (Å²) in [5, 5.41) is 0. The van der Waals surface area contributed by atoms with Gasteiger partial charge in [-0.25, -0.2) is 0 Å². The van der Waals surface area contributed by atoms with Crippen molar-refractivity contribution in [1.82, 2.24) is 0 Å². The van der Waals surface area contributed by atoms with Gasteiger partial charge in [-0.05, 0) is 68.5 Å². The molecule has 27 heavy (non-hydrogen) atoms. The molecule has 0 amide bonds. The molecule has 1 aliphatic rings. The van der Waals surface area contributed by atoms with E-state index in [2.05, 4.69) is 106 Å². The normalized spacial score (nSPS) is 13.1. The molecule has 2 aromatic rings. The third-order valence-electron chi connectivity index (χ3n) is 4.79. The van der Waals surface area contributed by atoms with Crippen LogP contribution in [0.5, 0.6) is 0 Å². The van der Waals surface area contributed by atoms with E-state index in [1.54, 1.807) is 0 Å². The summed E-state index contributed by atoms with van der Waals surface area (Å²) in [6.45, 7) is 8.68. The molecule has 1 aliphatic carbocycles. The largest absolute Gasteiger partial charge is 0.0729 e. The first-order valence-electron chi connectivity index (χ1n) is 9.62. The average molecular weight is 351 g/mol. The molecule has 0 fully saturated rings. The van der Waals surface area contributed by atoms with Crippen LogP contribution in [0.15, 0.2) is 65.8 Å². The molecule has 0 N–H and O–H groups in total. The number of benzene rings is 2. The molecule has 0 aromatic heterocycles. The third-order valence-corrected chi connectivity index (χ3v) is 4.79. The number of hydrogen-bond acceptors (Lipinski definition) is 0. The lowest BCUT2D eigenvalue weighted by Crippen LogP contribution is -1.94. The first-order chi connectivity index (χ1) is 13.0. The summed E-state index contributed by atoms with van der Waals surface area (Å²) in [7, 11) is 0. The predicted octanol–water partition coefficient (Wildman–Crippen LogP) is 6.54. The van der Waals surface area contributed by atoms with E-state index in [1.807, 2.05) is 0 Å². The molecule has 0 atom stereocenters. The van der Waals surface area contributed by atoms with Crippen molar-refractivity contribution in [3.05, 3.63) is 93.6 Å². The molecule has 0 nitrogen and oxygen atoms in total. The number of rotatable bonds is 1. The van der Waals surface area contributed by atoms with E-state index in [4.69, 9.17) is 0 Å². The van der Waals surface area contributed by atoms with Gasteiger partial charge in [-0.15, -0.1) is 0 Å². The molecule has 2 aromatic carbocycles. The second-order valence-electron chi connectivity index (χ2n) is 7.53. The van der Waals surface area contributed by atoms with Gasteiger partial charge in [0, 0.05) is 22.3 Å². The minimum absolute atomic E-state index is 0.411. The van der Waals surface area contributed by atoms with Crippen LogP contribution in [0.1, 0.15) is 67.3 Å². The molecule has 0 heteroatoms. The summed E-state index contributed by atoms with van der Waals surface area (Å²) in [5.41, 5.74) is 8.36. The quantitative estimate of drug-likeness (QED) is 0.512. The Hall–Kier alpha value is -2.96. The van der Waals surface area contributed by atoms with E-state index < -0.39 is 0 Å². The highest BCUT2D eigenvalue weighted by atomic mass is 14.1. The van der Waals surface area contributed by atoms with Crippen molar-refractivity contribution in [1.29, 1.82) is 0 Å². The zero-order valence-electron chi connectivity index (χ0n) is 16.7. The van der Waals surface area contributed by atoms with Gasteiger partial charge in [0.15, 0.2) is 0 Å². The minimum Gasteiger partial charge on any atom is -0.0729 e. The van der Waals surface area contributed by atoms with Crippen LogP contribution in [0, 0.1) is 30.6 Å². The lowest BCUT2D eigenvalue weighted by Gasteiger charge is -2.09. The first-order valence-corrected chi connectivity index (χ1v) is 9.62. The Morgan fingerprint density at radius 3 is 2.11 bits per heavy atom. The maximum Gasteiger partial charge on any atom is 0.0284 e. The molecule has 0 heterocycles. The standard InChI is InChI=1S/C27H26/c1-20(2)27-19-25(14-13-23-9-5-21(3)6-10-23)16-18-26(27)17-15-24-11-7-22(4)8-12-24/h5,7-9,11-12,16,18-20H,6,10H2,1-4H3. The molecular formula is C27H26. The fraction of sp³-hybridized carbons (Fsp3) is 0.259. The third kappa shape index (κ3) is 5.26. The van der Waals surface area contributed by atoms with Crippen molar-refractivity contribution in [2.75, 3.05) is 0 Å². The Kier molecular flexibility index (Phi) is 6.01. The lowest BCUT2D eigenvalue weighted by atomic mass is 9.94. The Labute approximate surface area is 164 Å². The van der Waals surface area contributed by atoms with Gasteiger partial charge >= 0.3 is 0 Å². The molecule has 0 aliphatic heterocycles. The maximum absolute atomic E-state index is 3.35. The summed E-state index contributed by atoms with van der Waals surface area (Å²) in [6.07, 6.45) is 6.49. The molecule has 0 saturated heterocycles. The zero-order chi connectivity index (χ0) is 19.2. The van der Waals surface area contributed by atoms with E-state index in [0.717, 1.165) is 29.5 Å². The number of aryl methyl sites for hydroxylation is 1. The smallest absolute Gasteiger partial charge is 0.0284 e. The van der Waals surface area contributed by atoms with Crippen LogP contribution < -0.4 is 0 Å². The van der Waals surface area contributed by atoms with E-state index >= 15 is 0 Å². The van der Waals surface area contributed by atoms with Crippen LogP contribution in [0.4, 0.5) is 0 Å². The Morgan fingerprint density at radius 2 is 1.44 bits per heavy atom. The van der Waals surface area contributed by atoms with Crippen LogP contribution in [0.3, 0.4) is 0 Å². The zero-order valence-corrected chi connectivity index (χ0v) is 16.7. The molecule has 0 spiro atoms. The number of allylic oxidation sites excluding steroid dienone is 4. The summed E-state index contributed by atoms with van der Waals surface area (Å²) in [5.74, 6) is 13.7. The Morgan fingerprint density at radius 1 is 0.741 bits per heavy atom. The van der Waals surface area contributed by atoms with E-state index in [1.165, 1.54) is 22.3 Å². The van der Waals surface area contributed by atoms with Gasteiger partial charge < -0.3 is 0 Å². The maximum atomic E-state index is 3.35. The van der Waals surface area contributed by atoms with Gasteiger partial charge in [0.1, 0.15) is 0 Å². The van der Waals surface area contributed by atoms with E-state index in [0.29, 0.717) is 5.92 Å². The molecule has 0 radical (unpaired) electrons. The fourth-order valence-electron chi connectivity index (χ4n) is 3.01. The predicted molar refractivity (Wildman–Crippen MR) is 116 cm³/mol. The van der Waals surface area contributed by atoms with Gasteiger partial charge in [0.2, 0.25) is 0 Å². The molecule has 134 valence electrons. The van der Waals surface area contributed by atoms with Crippen molar-refractivity contribution in [2.45, 2.75) is 46.5 Å². The lowest BCUT2D eigenvalue weighted by molar-refractivity contribution is 0.862. The van der Waals surface area contributed by atoms with Crippen LogP contribution in [0.2, 0.25) is 0 Å². The summed E-state index contributed by atoms with van der Waals surface area (Å²) < 4.78 is 0. The second kappa shape index (κ2) is 8.62. The van der Waals surface area contributed by atoms with Crippen LogP contribution in [-0.4, -0.2) is 0 Å². The summed E-state index contributed by atoms with van der Waals surface area (Å²) in [4.78, 5) is 0. The van der Waals surface area contributed by atoms with Crippen molar-refractivity contribution < 1.29 is 0 Å². The van der Waals surface area contributed by atoms with Crippen molar-refractivity contribution >= 4 is 0 Å². The SMILES string of the molecule is CC1=CC=C(C#Cc2ccc(C#Cc3ccc(C)cc3)c(C(C)C)c2)CC1. The van der Waals surface area contributed by atoms with Crippen molar-refractivity contribution in [3.8, 4) is 23.7 Å². The van der Waals surface area contributed by atoms with E-state index in [9.17, 15) is 0 Å². The van der Waals surface area contributed by atoms with Gasteiger partial charge in [0.05, 0.1) is 0 Å². The van der Waals surface area contributed by atoms with Crippen molar-refractivity contribution in [3.63, 3.8) is 0 Å². The Bertz CT molecular complexity index is 1000. The highest BCUT2D eigenvalue weighted by Gasteiger charge is 2.06. The molecule has 0 unspecified atom stereocenters. The number of hydrogen-bond donors (Lipinski definition) is 0. The second-order valence-corrected chi connectivity index (χ2v) is 7.53. The summed E-state index contributed by atoms with van der Waals surface area (Å²) in [6, 6.07) is 14.7. The van der Waals surface area contributed by atoms with E-state index in [-0.39, 0.29) is 0 Å². The monoisotopic (exact) mass is 350 g/mol. The van der Waals surface area contributed by atoms with Crippen LogP contribution in [0.25, 0.3) is 0 Å². The van der Waals surface area contributed by atoms with Gasteiger partial charge in [-0.2, -0.15) is 0 Å². The van der Waals surface area contributed by atoms with Gasteiger partial charge in [-0.1, -0.05) is 73.0 Å². The highest BCUT2D eigenvalue weighted by Crippen LogP contribution is 2.21. The van der Waals surface area contributed by atoms with Gasteiger partial charge in [0.25, 0.3) is 0 Å². The van der Waals surface area contributed by atoms with Gasteiger partial charge in [-0.3, -0.25) is 0 Å². The molecule has 0 bridgehead atoms. The first kappa shape index (κ1) is 18.8. The highest BCUT2D eigenvalue weighted by molar-refractivity contribution is 5.52. The fourth-order valence-corrected chi connectivity index (χ4v) is 3.01. The van der Waals surface area contributed by atoms with Crippen LogP contribution >= 0.6 is 0 Å². The topological polar surface area (TPSA) is 0 Å².